The third-order valence-corrected chi connectivity index (χ3v) is 4.56. The van der Waals surface area contributed by atoms with Crippen LogP contribution in [-0.2, 0) is 4.79 Å². The number of rotatable bonds is 7. The van der Waals surface area contributed by atoms with Crippen molar-refractivity contribution in [3.63, 3.8) is 0 Å². The largest absolute Gasteiger partial charge is 0.336 e. The monoisotopic (exact) mass is 281 g/mol. The zero-order valence-electron chi connectivity index (χ0n) is 14.3. The maximum absolute atomic E-state index is 12.7. The molecule has 118 valence electrons. The van der Waals surface area contributed by atoms with Gasteiger partial charge in [0, 0.05) is 18.5 Å². The first-order chi connectivity index (χ1) is 9.47. The molecule has 1 atom stereocenters. The molecule has 2 heteroatoms. The Morgan fingerprint density at radius 2 is 1.70 bits per heavy atom. The molecule has 1 fully saturated rings. The van der Waals surface area contributed by atoms with E-state index in [1.807, 2.05) is 0 Å². The van der Waals surface area contributed by atoms with Crippen LogP contribution in [0.3, 0.4) is 0 Å². The molecule has 1 unspecified atom stereocenters. The molecule has 1 aliphatic rings. The minimum Gasteiger partial charge on any atom is -0.336 e. The van der Waals surface area contributed by atoms with Gasteiger partial charge >= 0.3 is 0 Å². The van der Waals surface area contributed by atoms with Gasteiger partial charge in [-0.1, -0.05) is 53.9 Å². The normalized spacial score (nSPS) is 18.6. The fourth-order valence-electron chi connectivity index (χ4n) is 3.55. The standard InChI is InChI=1S/C18H35NO/c1-6-10-18(20)19(16-11-8-7-9-12-16)17(15(4)5)13-14(2)3/h14-17H,6-13H2,1-5H3. The molecule has 1 aliphatic carbocycles. The first kappa shape index (κ1) is 17.5. The van der Waals surface area contributed by atoms with E-state index in [1.165, 1.54) is 32.1 Å². The average Bonchev–Trinajstić information content (AvgIpc) is 2.39. The highest BCUT2D eigenvalue weighted by atomic mass is 16.2. The van der Waals surface area contributed by atoms with Crippen LogP contribution in [0.15, 0.2) is 0 Å². The molecule has 0 bridgehead atoms. The molecule has 0 aromatic carbocycles. The van der Waals surface area contributed by atoms with Crippen LogP contribution in [-0.4, -0.2) is 22.9 Å². The van der Waals surface area contributed by atoms with Crippen LogP contribution in [0, 0.1) is 11.8 Å². The number of hydrogen-bond donors (Lipinski definition) is 0. The summed E-state index contributed by atoms with van der Waals surface area (Å²) in [4.78, 5) is 15.0. The van der Waals surface area contributed by atoms with Crippen molar-refractivity contribution in [1.82, 2.24) is 4.90 Å². The summed E-state index contributed by atoms with van der Waals surface area (Å²) in [7, 11) is 0. The molecule has 0 N–H and O–H groups in total. The minimum absolute atomic E-state index is 0.402. The lowest BCUT2D eigenvalue weighted by molar-refractivity contribution is -0.139. The molecular formula is C18H35NO. The van der Waals surface area contributed by atoms with E-state index in [-0.39, 0.29) is 0 Å². The van der Waals surface area contributed by atoms with Gasteiger partial charge in [-0.25, -0.2) is 0 Å². The van der Waals surface area contributed by atoms with Gasteiger partial charge < -0.3 is 4.90 Å². The number of carbonyl (C=O) groups is 1. The van der Waals surface area contributed by atoms with Crippen molar-refractivity contribution in [1.29, 1.82) is 0 Å². The lowest BCUT2D eigenvalue weighted by Crippen LogP contribution is -2.50. The van der Waals surface area contributed by atoms with Gasteiger partial charge in [-0.2, -0.15) is 0 Å². The van der Waals surface area contributed by atoms with Crippen molar-refractivity contribution in [2.45, 2.75) is 98.1 Å². The van der Waals surface area contributed by atoms with E-state index in [9.17, 15) is 4.79 Å². The Bertz CT molecular complexity index is 279. The average molecular weight is 281 g/mol. The molecule has 0 heterocycles. The van der Waals surface area contributed by atoms with Crippen molar-refractivity contribution >= 4 is 5.91 Å². The van der Waals surface area contributed by atoms with Gasteiger partial charge in [0.25, 0.3) is 0 Å². The van der Waals surface area contributed by atoms with Gasteiger partial charge in [0.1, 0.15) is 0 Å². The van der Waals surface area contributed by atoms with Gasteiger partial charge in [0.2, 0.25) is 5.91 Å². The SMILES string of the molecule is CCCC(=O)N(C1CCCCC1)C(CC(C)C)C(C)C. The summed E-state index contributed by atoms with van der Waals surface area (Å²) >= 11 is 0. The maximum atomic E-state index is 12.7. The van der Waals surface area contributed by atoms with E-state index >= 15 is 0 Å². The van der Waals surface area contributed by atoms with Crippen molar-refractivity contribution in [3.05, 3.63) is 0 Å². The summed E-state index contributed by atoms with van der Waals surface area (Å²) in [5.74, 6) is 1.61. The third-order valence-electron chi connectivity index (χ3n) is 4.56. The van der Waals surface area contributed by atoms with E-state index in [0.717, 1.165) is 19.3 Å². The topological polar surface area (TPSA) is 20.3 Å². The van der Waals surface area contributed by atoms with E-state index < -0.39 is 0 Å². The molecule has 0 radical (unpaired) electrons. The van der Waals surface area contributed by atoms with Crippen LogP contribution in [0.2, 0.25) is 0 Å². The van der Waals surface area contributed by atoms with Crippen LogP contribution < -0.4 is 0 Å². The van der Waals surface area contributed by atoms with Gasteiger partial charge in [0.05, 0.1) is 0 Å². The highest BCUT2D eigenvalue weighted by molar-refractivity contribution is 5.76. The Kier molecular flexibility index (Phi) is 7.61. The van der Waals surface area contributed by atoms with E-state index in [4.69, 9.17) is 0 Å². The second-order valence-corrected chi connectivity index (χ2v) is 7.28. The predicted molar refractivity (Wildman–Crippen MR) is 86.7 cm³/mol. The second kappa shape index (κ2) is 8.69. The summed E-state index contributed by atoms with van der Waals surface area (Å²) < 4.78 is 0. The number of carbonyl (C=O) groups excluding carboxylic acids is 1. The number of amides is 1. The molecule has 0 aromatic rings. The molecule has 1 saturated carbocycles. The summed E-state index contributed by atoms with van der Waals surface area (Å²) in [6, 6.07) is 0.936. The van der Waals surface area contributed by atoms with E-state index in [0.29, 0.717) is 29.8 Å². The highest BCUT2D eigenvalue weighted by Gasteiger charge is 2.32. The Balaban J connectivity index is 2.89. The summed E-state index contributed by atoms with van der Waals surface area (Å²) in [5, 5.41) is 0. The molecule has 0 spiro atoms. The van der Waals surface area contributed by atoms with Crippen molar-refractivity contribution in [2.75, 3.05) is 0 Å². The third kappa shape index (κ3) is 5.10. The molecule has 0 saturated heterocycles. The van der Waals surface area contributed by atoms with E-state index in [1.54, 1.807) is 0 Å². The maximum Gasteiger partial charge on any atom is 0.223 e. The molecular weight excluding hydrogens is 246 g/mol. The number of hydrogen-bond acceptors (Lipinski definition) is 1. The molecule has 1 rings (SSSR count). The van der Waals surface area contributed by atoms with Crippen LogP contribution in [0.1, 0.15) is 86.0 Å². The van der Waals surface area contributed by atoms with Gasteiger partial charge in [-0.3, -0.25) is 4.79 Å². The zero-order chi connectivity index (χ0) is 15.1. The van der Waals surface area contributed by atoms with E-state index in [2.05, 4.69) is 39.5 Å². The van der Waals surface area contributed by atoms with Gasteiger partial charge in [-0.15, -0.1) is 0 Å². The smallest absolute Gasteiger partial charge is 0.223 e. The fourth-order valence-corrected chi connectivity index (χ4v) is 3.55. The zero-order valence-corrected chi connectivity index (χ0v) is 14.3. The first-order valence-electron chi connectivity index (χ1n) is 8.78. The summed E-state index contributed by atoms with van der Waals surface area (Å²) in [5.41, 5.74) is 0. The Morgan fingerprint density at radius 3 is 2.15 bits per heavy atom. The van der Waals surface area contributed by atoms with Gasteiger partial charge in [0.15, 0.2) is 0 Å². The molecule has 1 amide bonds. The van der Waals surface area contributed by atoms with Crippen LogP contribution in [0.25, 0.3) is 0 Å². The van der Waals surface area contributed by atoms with Crippen molar-refractivity contribution in [3.8, 4) is 0 Å². The van der Waals surface area contributed by atoms with Crippen LogP contribution in [0.5, 0.6) is 0 Å². The van der Waals surface area contributed by atoms with Crippen LogP contribution in [0.4, 0.5) is 0 Å². The summed E-state index contributed by atoms with van der Waals surface area (Å²) in [6.07, 6.45) is 9.21. The molecule has 2 nitrogen and oxygen atoms in total. The number of nitrogens with zero attached hydrogens (tertiary/aromatic N) is 1. The van der Waals surface area contributed by atoms with Crippen molar-refractivity contribution < 1.29 is 4.79 Å². The molecule has 0 aromatic heterocycles. The Labute approximate surface area is 126 Å². The minimum atomic E-state index is 0.402. The quantitative estimate of drug-likeness (QED) is 0.641. The fraction of sp³-hybridized carbons (Fsp3) is 0.944. The second-order valence-electron chi connectivity index (χ2n) is 7.28. The predicted octanol–water partition coefficient (Wildman–Crippen LogP) is 5.02. The summed E-state index contributed by atoms with van der Waals surface area (Å²) in [6.45, 7) is 11.2. The van der Waals surface area contributed by atoms with Crippen LogP contribution >= 0.6 is 0 Å². The lowest BCUT2D eigenvalue weighted by Gasteiger charge is -2.43. The molecule has 20 heavy (non-hydrogen) atoms. The van der Waals surface area contributed by atoms with Crippen molar-refractivity contribution in [2.24, 2.45) is 11.8 Å². The lowest BCUT2D eigenvalue weighted by atomic mass is 9.87. The Hall–Kier alpha value is -0.530. The Morgan fingerprint density at radius 1 is 1.10 bits per heavy atom. The highest BCUT2D eigenvalue weighted by Crippen LogP contribution is 2.30. The first-order valence-corrected chi connectivity index (χ1v) is 8.78. The molecule has 0 aliphatic heterocycles. The van der Waals surface area contributed by atoms with Gasteiger partial charge in [-0.05, 0) is 37.5 Å².